The highest BCUT2D eigenvalue weighted by Crippen LogP contribution is 2.37. The monoisotopic (exact) mass is 648 g/mol. The molecule has 0 radical (unpaired) electrons. The number of carboxylic acids is 1. The van der Waals surface area contributed by atoms with Crippen LogP contribution in [0.2, 0.25) is 0 Å². The summed E-state index contributed by atoms with van der Waals surface area (Å²) in [5, 5.41) is 32.2. The predicted molar refractivity (Wildman–Crippen MR) is 160 cm³/mol. The Bertz CT molecular complexity index is 1720. The maximum absolute atomic E-state index is 10.9. The number of alkyl halides is 1. The molecule has 196 valence electrons. The largest absolute Gasteiger partial charge is 0.492 e. The second-order valence-corrected chi connectivity index (χ2v) is 11.5. The van der Waals surface area contributed by atoms with Crippen LogP contribution in [0, 0.1) is 13.8 Å². The van der Waals surface area contributed by atoms with E-state index < -0.39 is 11.8 Å². The molecule has 1 aromatic carbocycles. The molecule has 14 heteroatoms. The highest BCUT2D eigenvalue weighted by atomic mass is 79.9. The number of thiazole rings is 3. The van der Waals surface area contributed by atoms with Gasteiger partial charge < -0.3 is 15.9 Å². The maximum atomic E-state index is 10.9. The third-order valence-corrected chi connectivity index (χ3v) is 8.75. The van der Waals surface area contributed by atoms with Crippen LogP contribution < -0.4 is 5.73 Å². The van der Waals surface area contributed by atoms with Crippen LogP contribution in [0.4, 0.5) is 0 Å². The van der Waals surface area contributed by atoms with Gasteiger partial charge in [0.05, 0.1) is 22.5 Å². The van der Waals surface area contributed by atoms with Crippen LogP contribution in [0.1, 0.15) is 32.2 Å². The van der Waals surface area contributed by atoms with Crippen LogP contribution in [-0.4, -0.2) is 45.4 Å². The van der Waals surface area contributed by atoms with E-state index in [-0.39, 0.29) is 4.88 Å². The van der Waals surface area contributed by atoms with Crippen molar-refractivity contribution < 1.29 is 15.0 Å². The van der Waals surface area contributed by atoms with E-state index in [1.165, 1.54) is 16.9 Å². The van der Waals surface area contributed by atoms with E-state index in [1.807, 2.05) is 55.2 Å². The van der Waals surface area contributed by atoms with E-state index in [9.17, 15) is 9.90 Å². The second-order valence-electron chi connectivity index (χ2n) is 7.69. The zero-order valence-electron chi connectivity index (χ0n) is 20.0. The molecule has 0 bridgehead atoms. The van der Waals surface area contributed by atoms with Gasteiger partial charge in [0, 0.05) is 28.5 Å². The van der Waals surface area contributed by atoms with Gasteiger partial charge in [-0.1, -0.05) is 58.5 Å². The molecule has 0 aliphatic carbocycles. The minimum absolute atomic E-state index is 0.152. The number of benzene rings is 1. The number of hydrogen-bond donors (Lipinski definition) is 3. The Balaban J connectivity index is 0.000000145. The first-order valence-corrected chi connectivity index (χ1v) is 15.0. The van der Waals surface area contributed by atoms with Crippen molar-refractivity contribution in [1.29, 1.82) is 0 Å². The number of halogens is 1. The summed E-state index contributed by atoms with van der Waals surface area (Å²) in [6.45, 7) is 3.74. The van der Waals surface area contributed by atoms with Crippen LogP contribution in [0.5, 0.6) is 5.88 Å². The third kappa shape index (κ3) is 5.94. The molecule has 0 saturated heterocycles. The second kappa shape index (κ2) is 12.1. The van der Waals surface area contributed by atoms with Crippen LogP contribution in [0.25, 0.3) is 20.2 Å². The molecule has 4 N–H and O–H groups in total. The van der Waals surface area contributed by atoms with E-state index in [0.717, 1.165) is 48.8 Å². The van der Waals surface area contributed by atoms with Crippen molar-refractivity contribution in [2.75, 3.05) is 0 Å². The van der Waals surface area contributed by atoms with E-state index >= 15 is 0 Å². The van der Waals surface area contributed by atoms with Crippen molar-refractivity contribution in [2.45, 2.75) is 19.2 Å². The van der Waals surface area contributed by atoms with Crippen molar-refractivity contribution in [3.63, 3.8) is 0 Å². The van der Waals surface area contributed by atoms with Gasteiger partial charge in [-0.2, -0.15) is 10.2 Å². The number of nitrogens with two attached hydrogens (primary N) is 1. The zero-order chi connectivity index (χ0) is 27.4. The Morgan fingerprint density at radius 2 is 1.66 bits per heavy atom. The third-order valence-electron chi connectivity index (χ3n) is 5.11. The molecule has 0 amide bonds. The summed E-state index contributed by atoms with van der Waals surface area (Å²) < 4.78 is 3.52. The van der Waals surface area contributed by atoms with Crippen molar-refractivity contribution >= 4 is 82.8 Å². The number of aromatic nitrogens is 5. The molecule has 0 saturated carbocycles. The fraction of sp³-hybridized carbons (Fsp3) is 0.125. The van der Waals surface area contributed by atoms with Gasteiger partial charge >= 0.3 is 5.97 Å². The number of thiocarbonyl (C=S) groups is 1. The molecule has 0 atom stereocenters. The lowest BCUT2D eigenvalue weighted by atomic mass is 10.2. The zero-order valence-corrected chi connectivity index (χ0v) is 24.9. The summed E-state index contributed by atoms with van der Waals surface area (Å²) in [5.74, 6) is -1.62. The Hall–Kier alpha value is -3.17. The minimum Gasteiger partial charge on any atom is -0.492 e. The molecule has 0 aliphatic rings. The van der Waals surface area contributed by atoms with Gasteiger partial charge in [0.1, 0.15) is 19.7 Å². The number of aromatic hydroxyl groups is 1. The number of rotatable bonds is 4. The molecular weight excluding hydrogens is 628 g/mol. The minimum atomic E-state index is -1.18. The molecule has 5 heterocycles. The average molecular weight is 650 g/mol. The molecule has 6 rings (SSSR count). The van der Waals surface area contributed by atoms with Gasteiger partial charge in [-0.05, 0) is 19.4 Å². The molecular formula is C24H21BrN6O3S4. The summed E-state index contributed by atoms with van der Waals surface area (Å²) in [5.41, 5.74) is 10.2. The summed E-state index contributed by atoms with van der Waals surface area (Å²) in [6, 6.07) is 10.3. The summed E-state index contributed by atoms with van der Waals surface area (Å²) in [6.07, 6.45) is 3.72. The Morgan fingerprint density at radius 3 is 2.21 bits per heavy atom. The first kappa shape index (κ1) is 27.9. The van der Waals surface area contributed by atoms with E-state index in [4.69, 9.17) is 23.1 Å². The first-order valence-electron chi connectivity index (χ1n) is 10.9. The Labute approximate surface area is 243 Å². The summed E-state index contributed by atoms with van der Waals surface area (Å²) in [7, 11) is 0. The smallest absolute Gasteiger partial charge is 0.351 e. The van der Waals surface area contributed by atoms with Gasteiger partial charge in [-0.25, -0.2) is 18.8 Å². The van der Waals surface area contributed by atoms with E-state index in [0.29, 0.717) is 10.00 Å². The lowest BCUT2D eigenvalue weighted by molar-refractivity contribution is 0.0699. The van der Waals surface area contributed by atoms with Crippen molar-refractivity contribution in [3.05, 3.63) is 80.9 Å². The molecule has 0 fully saturated rings. The van der Waals surface area contributed by atoms with Crippen molar-refractivity contribution in [1.82, 2.24) is 24.2 Å². The molecule has 9 nitrogen and oxygen atoms in total. The highest BCUT2D eigenvalue weighted by molar-refractivity contribution is 9.08. The van der Waals surface area contributed by atoms with Crippen molar-refractivity contribution in [2.24, 2.45) is 5.73 Å². The average Bonchev–Trinajstić information content (AvgIpc) is 3.68. The van der Waals surface area contributed by atoms with E-state index in [1.54, 1.807) is 20.4 Å². The Kier molecular flexibility index (Phi) is 8.89. The molecule has 0 unspecified atom stereocenters. The van der Waals surface area contributed by atoms with Gasteiger partial charge in [0.25, 0.3) is 0 Å². The molecule has 6 aromatic rings. The van der Waals surface area contributed by atoms with Crippen LogP contribution in [0.3, 0.4) is 0 Å². The molecule has 38 heavy (non-hydrogen) atoms. The number of carboxylic acid groups (broad SMARTS) is 1. The van der Waals surface area contributed by atoms with Gasteiger partial charge in [0.15, 0.2) is 4.88 Å². The number of hydrogen-bond acceptors (Lipinski definition) is 9. The van der Waals surface area contributed by atoms with Crippen molar-refractivity contribution in [3.8, 4) is 16.5 Å². The maximum Gasteiger partial charge on any atom is 0.351 e. The SMILES string of the molecule is BrCc1ccccc1.Cc1nn2ccsc2c1-c1nc(O)c(C(=O)O)s1.Cc1nn2ccsc2c1C(N)=S. The molecule has 0 aliphatic heterocycles. The van der Waals surface area contributed by atoms with Gasteiger partial charge in [-0.3, -0.25) is 0 Å². The lowest BCUT2D eigenvalue weighted by Gasteiger charge is -1.91. The normalized spacial score (nSPS) is 10.6. The predicted octanol–water partition coefficient (Wildman–Crippen LogP) is 6.15. The van der Waals surface area contributed by atoms with Crippen LogP contribution in [-0.2, 0) is 5.33 Å². The number of aromatic carboxylic acids is 1. The molecule has 5 aromatic heterocycles. The summed E-state index contributed by atoms with van der Waals surface area (Å²) in [4.78, 5) is 17.0. The standard InChI is InChI=1S/C10H7N3O3S2.C7H7Br.C7H7N3S2/c1-4-5(9-13(12-4)2-3-17-9)8-11-7(14)6(18-8)10(15)16;8-6-7-4-2-1-3-5-7;1-4-5(6(8)11)7-10(9-4)2-3-12-7/h2-3,14H,1H3,(H,15,16);1-5H,6H2;2-3H,1H3,(H2,8,11). The Morgan fingerprint density at radius 1 is 1.05 bits per heavy atom. The van der Waals surface area contributed by atoms with Gasteiger partial charge in [-0.15, -0.1) is 34.0 Å². The number of aryl methyl sites for hydroxylation is 2. The van der Waals surface area contributed by atoms with Crippen LogP contribution in [0.15, 0.2) is 53.5 Å². The topological polar surface area (TPSA) is 131 Å². The molecule has 0 spiro atoms. The number of fused-ring (bicyclic) bond motifs is 2. The number of carbonyl (C=O) groups is 1. The lowest BCUT2D eigenvalue weighted by Crippen LogP contribution is -2.09. The number of nitrogens with zero attached hydrogens (tertiary/aromatic N) is 5. The fourth-order valence-corrected chi connectivity index (χ4v) is 6.85. The van der Waals surface area contributed by atoms with E-state index in [2.05, 4.69) is 43.2 Å². The highest BCUT2D eigenvalue weighted by Gasteiger charge is 2.22. The van der Waals surface area contributed by atoms with Gasteiger partial charge in [0.2, 0.25) is 5.88 Å². The van der Waals surface area contributed by atoms with Crippen LogP contribution >= 0.6 is 62.2 Å². The summed E-state index contributed by atoms with van der Waals surface area (Å²) >= 11 is 12.3. The first-order chi connectivity index (χ1) is 18.2. The quantitative estimate of drug-likeness (QED) is 0.153. The fourth-order valence-electron chi connectivity index (χ4n) is 3.44.